The second-order valence-corrected chi connectivity index (χ2v) is 3.55. The average molecular weight is 275 g/mol. The van der Waals surface area contributed by atoms with Crippen LogP contribution in [0.3, 0.4) is 0 Å². The van der Waals surface area contributed by atoms with Gasteiger partial charge in [-0.1, -0.05) is 11.6 Å². The summed E-state index contributed by atoms with van der Waals surface area (Å²) in [5.74, 6) is -1.12. The largest absolute Gasteiger partial charge is 0.416 e. The van der Waals surface area contributed by atoms with Crippen LogP contribution in [0.5, 0.6) is 0 Å². The lowest BCUT2D eigenvalue weighted by molar-refractivity contribution is -0.137. The molecule has 0 radical (unpaired) electrons. The second kappa shape index (κ2) is 5.07. The standard InChI is InChI=1S/C11H3ClF4N2/c12-9-3-8(11(14,15)16)2-7(10(9)13)1-6(4-17)5-18/h1-3H. The number of nitrogens with zero attached hydrogens (tertiary/aromatic N) is 2. The third kappa shape index (κ3) is 2.99. The van der Waals surface area contributed by atoms with Crippen LogP contribution in [0.4, 0.5) is 17.6 Å². The monoisotopic (exact) mass is 274 g/mol. The zero-order valence-electron chi connectivity index (χ0n) is 8.52. The molecule has 18 heavy (non-hydrogen) atoms. The van der Waals surface area contributed by atoms with Crippen molar-refractivity contribution in [3.8, 4) is 12.1 Å². The van der Waals surface area contributed by atoms with Crippen molar-refractivity contribution in [3.05, 3.63) is 39.7 Å². The van der Waals surface area contributed by atoms with Gasteiger partial charge >= 0.3 is 6.18 Å². The normalized spacial score (nSPS) is 10.4. The summed E-state index contributed by atoms with van der Waals surface area (Å²) in [5.41, 5.74) is -2.24. The number of allylic oxidation sites excluding steroid dienone is 1. The van der Waals surface area contributed by atoms with Crippen molar-refractivity contribution in [1.29, 1.82) is 10.5 Å². The lowest BCUT2D eigenvalue weighted by Crippen LogP contribution is -2.06. The molecule has 1 aromatic rings. The fraction of sp³-hybridized carbons (Fsp3) is 0.0909. The number of halogens is 5. The molecule has 1 aromatic carbocycles. The molecule has 0 saturated carbocycles. The molecule has 7 heteroatoms. The van der Waals surface area contributed by atoms with E-state index < -0.39 is 33.7 Å². The van der Waals surface area contributed by atoms with Crippen LogP contribution in [-0.2, 0) is 6.18 Å². The molecule has 0 unspecified atom stereocenters. The first kappa shape index (κ1) is 14.0. The molecule has 0 amide bonds. The average Bonchev–Trinajstić information content (AvgIpc) is 2.29. The molecule has 0 atom stereocenters. The van der Waals surface area contributed by atoms with E-state index in [0.29, 0.717) is 18.2 Å². The highest BCUT2D eigenvalue weighted by molar-refractivity contribution is 6.31. The molecule has 0 N–H and O–H groups in total. The van der Waals surface area contributed by atoms with Crippen molar-refractivity contribution in [2.75, 3.05) is 0 Å². The quantitative estimate of drug-likeness (QED) is 0.575. The molecule has 0 aliphatic heterocycles. The summed E-state index contributed by atoms with van der Waals surface area (Å²) in [6.45, 7) is 0. The van der Waals surface area contributed by atoms with E-state index in [2.05, 4.69) is 0 Å². The van der Waals surface area contributed by atoms with Gasteiger partial charge < -0.3 is 0 Å². The number of nitriles is 2. The van der Waals surface area contributed by atoms with E-state index in [-0.39, 0.29) is 0 Å². The zero-order valence-corrected chi connectivity index (χ0v) is 9.27. The SMILES string of the molecule is N#CC(C#N)=Cc1cc(C(F)(F)F)cc(Cl)c1F. The zero-order chi connectivity index (χ0) is 13.9. The van der Waals surface area contributed by atoms with Crippen LogP contribution in [0.2, 0.25) is 5.02 Å². The Kier molecular flexibility index (Phi) is 3.95. The van der Waals surface area contributed by atoms with Gasteiger partial charge in [-0.25, -0.2) is 4.39 Å². The van der Waals surface area contributed by atoms with Crippen molar-refractivity contribution in [2.24, 2.45) is 0 Å². The fourth-order valence-electron chi connectivity index (χ4n) is 1.12. The molecular weight excluding hydrogens is 272 g/mol. The molecule has 0 fully saturated rings. The molecule has 0 aliphatic rings. The van der Waals surface area contributed by atoms with Crippen LogP contribution >= 0.6 is 11.6 Å². The van der Waals surface area contributed by atoms with Crippen LogP contribution in [-0.4, -0.2) is 0 Å². The van der Waals surface area contributed by atoms with Gasteiger partial charge in [-0.05, 0) is 18.2 Å². The van der Waals surface area contributed by atoms with E-state index in [1.165, 1.54) is 12.1 Å². The number of rotatable bonds is 1. The Bertz CT molecular complexity index is 575. The van der Waals surface area contributed by atoms with Gasteiger partial charge in [0.1, 0.15) is 23.5 Å². The third-order valence-corrected chi connectivity index (χ3v) is 2.20. The molecule has 0 saturated heterocycles. The Balaban J connectivity index is 3.47. The van der Waals surface area contributed by atoms with Crippen LogP contribution in [0.15, 0.2) is 17.7 Å². The smallest absolute Gasteiger partial charge is 0.205 e. The van der Waals surface area contributed by atoms with Gasteiger partial charge in [-0.3, -0.25) is 0 Å². The number of benzene rings is 1. The maximum Gasteiger partial charge on any atom is 0.416 e. The Morgan fingerprint density at radius 2 is 1.78 bits per heavy atom. The second-order valence-electron chi connectivity index (χ2n) is 3.14. The highest BCUT2D eigenvalue weighted by atomic mass is 35.5. The molecule has 0 heterocycles. The summed E-state index contributed by atoms with van der Waals surface area (Å²) >= 11 is 5.32. The van der Waals surface area contributed by atoms with E-state index in [0.717, 1.165) is 0 Å². The highest BCUT2D eigenvalue weighted by Crippen LogP contribution is 2.34. The predicted molar refractivity (Wildman–Crippen MR) is 55.6 cm³/mol. The minimum Gasteiger partial charge on any atom is -0.205 e. The maximum atomic E-state index is 13.4. The van der Waals surface area contributed by atoms with E-state index in [1.54, 1.807) is 0 Å². The van der Waals surface area contributed by atoms with Crippen LogP contribution in [0.1, 0.15) is 11.1 Å². The topological polar surface area (TPSA) is 47.6 Å². The first-order valence-corrected chi connectivity index (χ1v) is 4.75. The van der Waals surface area contributed by atoms with Crippen molar-refractivity contribution >= 4 is 17.7 Å². The van der Waals surface area contributed by atoms with Gasteiger partial charge in [0.15, 0.2) is 0 Å². The van der Waals surface area contributed by atoms with Gasteiger partial charge in [0.2, 0.25) is 0 Å². The van der Waals surface area contributed by atoms with Gasteiger partial charge in [-0.2, -0.15) is 23.7 Å². The minimum absolute atomic E-state index is 0.437. The number of hydrogen-bond donors (Lipinski definition) is 0. The Morgan fingerprint density at radius 3 is 2.22 bits per heavy atom. The molecule has 2 nitrogen and oxygen atoms in total. The van der Waals surface area contributed by atoms with Crippen molar-refractivity contribution in [2.45, 2.75) is 6.18 Å². The van der Waals surface area contributed by atoms with Gasteiger partial charge in [-0.15, -0.1) is 0 Å². The van der Waals surface area contributed by atoms with Crippen molar-refractivity contribution in [1.82, 2.24) is 0 Å². The summed E-state index contributed by atoms with van der Waals surface area (Å²) < 4.78 is 50.8. The van der Waals surface area contributed by atoms with E-state index in [9.17, 15) is 17.6 Å². The van der Waals surface area contributed by atoms with E-state index in [4.69, 9.17) is 22.1 Å². The lowest BCUT2D eigenvalue weighted by Gasteiger charge is -2.09. The van der Waals surface area contributed by atoms with Crippen LogP contribution in [0, 0.1) is 28.5 Å². The van der Waals surface area contributed by atoms with Crippen LogP contribution in [0.25, 0.3) is 6.08 Å². The van der Waals surface area contributed by atoms with Crippen molar-refractivity contribution in [3.63, 3.8) is 0 Å². The third-order valence-electron chi connectivity index (χ3n) is 1.92. The minimum atomic E-state index is -4.70. The molecule has 92 valence electrons. The summed E-state index contributed by atoms with van der Waals surface area (Å²) in [4.78, 5) is 0. The number of alkyl halides is 3. The van der Waals surface area contributed by atoms with Crippen molar-refractivity contribution < 1.29 is 17.6 Å². The molecule has 0 aromatic heterocycles. The summed E-state index contributed by atoms with van der Waals surface area (Å²) in [5, 5.41) is 16.2. The molecular formula is C11H3ClF4N2. The summed E-state index contributed by atoms with van der Waals surface area (Å²) in [7, 11) is 0. The first-order chi connectivity index (χ1) is 8.29. The first-order valence-electron chi connectivity index (χ1n) is 4.37. The number of hydrogen-bond acceptors (Lipinski definition) is 2. The summed E-state index contributed by atoms with van der Waals surface area (Å²) in [6, 6.07) is 3.75. The van der Waals surface area contributed by atoms with Gasteiger partial charge in [0, 0.05) is 5.56 Å². The Morgan fingerprint density at radius 1 is 1.22 bits per heavy atom. The predicted octanol–water partition coefficient (Wildman–Crippen LogP) is 3.93. The highest BCUT2D eigenvalue weighted by Gasteiger charge is 2.32. The van der Waals surface area contributed by atoms with Crippen LogP contribution < -0.4 is 0 Å². The Labute approximate surface area is 104 Å². The van der Waals surface area contributed by atoms with E-state index in [1.807, 2.05) is 0 Å². The molecule has 0 bridgehead atoms. The maximum absolute atomic E-state index is 13.4. The summed E-state index contributed by atoms with van der Waals surface area (Å²) in [6.07, 6.45) is -3.99. The molecule has 1 rings (SSSR count). The van der Waals surface area contributed by atoms with E-state index >= 15 is 0 Å². The Hall–Kier alpha value is -2.05. The molecule has 0 aliphatic carbocycles. The molecule has 0 spiro atoms. The van der Waals surface area contributed by atoms with Gasteiger partial charge in [0.05, 0.1) is 10.6 Å². The lowest BCUT2D eigenvalue weighted by atomic mass is 10.1. The fourth-order valence-corrected chi connectivity index (χ4v) is 1.35. The van der Waals surface area contributed by atoms with Gasteiger partial charge in [0.25, 0.3) is 0 Å².